The van der Waals surface area contributed by atoms with Gasteiger partial charge in [-0.2, -0.15) is 18.3 Å². The van der Waals surface area contributed by atoms with E-state index in [9.17, 15) is 18.0 Å². The number of benzene rings is 1. The van der Waals surface area contributed by atoms with Gasteiger partial charge in [0, 0.05) is 18.1 Å². The highest BCUT2D eigenvalue weighted by molar-refractivity contribution is 6.31. The Labute approximate surface area is 122 Å². The molecule has 0 fully saturated rings. The predicted molar refractivity (Wildman–Crippen MR) is 68.2 cm³/mol. The maximum Gasteiger partial charge on any atom is 0.406 e. The molecule has 0 aromatic heterocycles. The van der Waals surface area contributed by atoms with Crippen molar-refractivity contribution in [1.29, 1.82) is 0 Å². The summed E-state index contributed by atoms with van der Waals surface area (Å²) < 4.78 is 39.3. The van der Waals surface area contributed by atoms with Gasteiger partial charge in [0.1, 0.15) is 0 Å². The fourth-order valence-corrected chi connectivity index (χ4v) is 2.79. The molecule has 0 saturated carbocycles. The second-order valence-electron chi connectivity index (χ2n) is 4.82. The molecule has 0 aliphatic carbocycles. The standard InChI is InChI=1S/C13H9ClF3N3O/c14-9-3-1-2-7-5-20(6-8(7)9)10-4-18-19-12(21)11(10)13(15,16)17/h1-4,11H,5-6H2. The lowest BCUT2D eigenvalue weighted by Gasteiger charge is -2.28. The summed E-state index contributed by atoms with van der Waals surface area (Å²) in [6, 6.07) is 5.23. The second-order valence-corrected chi connectivity index (χ2v) is 5.22. The van der Waals surface area contributed by atoms with Gasteiger partial charge in [0.2, 0.25) is 0 Å². The van der Waals surface area contributed by atoms with Gasteiger partial charge < -0.3 is 4.90 Å². The van der Waals surface area contributed by atoms with Gasteiger partial charge in [0.25, 0.3) is 5.91 Å². The van der Waals surface area contributed by atoms with Crippen molar-refractivity contribution in [3.63, 3.8) is 0 Å². The molecule has 0 bridgehead atoms. The van der Waals surface area contributed by atoms with Gasteiger partial charge in [-0.3, -0.25) is 4.79 Å². The van der Waals surface area contributed by atoms with E-state index in [1.165, 1.54) is 4.90 Å². The smallest absolute Gasteiger partial charge is 0.364 e. The van der Waals surface area contributed by atoms with E-state index < -0.39 is 18.0 Å². The molecule has 0 N–H and O–H groups in total. The minimum absolute atomic E-state index is 0.185. The van der Waals surface area contributed by atoms with Gasteiger partial charge in [-0.25, -0.2) is 0 Å². The van der Waals surface area contributed by atoms with E-state index in [-0.39, 0.29) is 18.8 Å². The van der Waals surface area contributed by atoms with Crippen LogP contribution in [0.3, 0.4) is 0 Å². The van der Waals surface area contributed by atoms with Crippen molar-refractivity contribution >= 4 is 17.5 Å². The molecule has 1 amide bonds. The van der Waals surface area contributed by atoms with Crippen LogP contribution in [0.5, 0.6) is 0 Å². The maximum absolute atomic E-state index is 13.1. The Morgan fingerprint density at radius 1 is 1.29 bits per heavy atom. The summed E-state index contributed by atoms with van der Waals surface area (Å²) in [5, 5.41) is 6.88. The highest BCUT2D eigenvalue weighted by Crippen LogP contribution is 2.40. The van der Waals surface area contributed by atoms with Crippen LogP contribution in [0.1, 0.15) is 11.1 Å². The number of carbonyl (C=O) groups is 1. The Balaban J connectivity index is 1.94. The van der Waals surface area contributed by atoms with Crippen molar-refractivity contribution in [2.45, 2.75) is 19.3 Å². The average molecular weight is 316 g/mol. The zero-order chi connectivity index (χ0) is 15.2. The number of rotatable bonds is 1. The zero-order valence-electron chi connectivity index (χ0n) is 10.6. The maximum atomic E-state index is 13.1. The molecular formula is C13H9ClF3N3O. The highest BCUT2D eigenvalue weighted by atomic mass is 35.5. The number of nitrogens with zero attached hydrogens (tertiary/aromatic N) is 3. The lowest BCUT2D eigenvalue weighted by atomic mass is 10.0. The quantitative estimate of drug-likeness (QED) is 0.793. The summed E-state index contributed by atoms with van der Waals surface area (Å²) in [4.78, 5) is 12.9. The Kier molecular flexibility index (Phi) is 3.24. The van der Waals surface area contributed by atoms with Crippen LogP contribution in [0, 0.1) is 5.92 Å². The molecule has 2 aliphatic heterocycles. The predicted octanol–water partition coefficient (Wildman–Crippen LogP) is 3.67. The minimum atomic E-state index is -4.69. The van der Waals surface area contributed by atoms with Gasteiger partial charge in [0.15, 0.2) is 5.92 Å². The molecule has 2 aliphatic rings. The van der Waals surface area contributed by atoms with Gasteiger partial charge in [-0.15, -0.1) is 5.11 Å². The first-order valence-corrected chi connectivity index (χ1v) is 6.48. The molecule has 21 heavy (non-hydrogen) atoms. The van der Waals surface area contributed by atoms with Gasteiger partial charge in [-0.05, 0) is 17.2 Å². The van der Waals surface area contributed by atoms with Crippen molar-refractivity contribution in [2.24, 2.45) is 16.1 Å². The molecule has 1 aromatic rings. The fourth-order valence-electron chi connectivity index (χ4n) is 2.54. The summed E-state index contributed by atoms with van der Waals surface area (Å²) >= 11 is 6.05. The van der Waals surface area contributed by atoms with Gasteiger partial charge >= 0.3 is 6.18 Å². The van der Waals surface area contributed by atoms with E-state index in [1.807, 2.05) is 0 Å². The Morgan fingerprint density at radius 3 is 2.71 bits per heavy atom. The molecule has 1 aromatic carbocycles. The number of azo groups is 1. The molecule has 1 atom stereocenters. The average Bonchev–Trinajstić information content (AvgIpc) is 2.82. The molecule has 0 spiro atoms. The van der Waals surface area contributed by atoms with Crippen LogP contribution >= 0.6 is 11.6 Å². The number of halogens is 4. The molecule has 3 rings (SSSR count). The molecule has 2 heterocycles. The van der Waals surface area contributed by atoms with Crippen LogP contribution in [0.25, 0.3) is 0 Å². The molecule has 4 nitrogen and oxygen atoms in total. The fraction of sp³-hybridized carbons (Fsp3) is 0.308. The minimum Gasteiger partial charge on any atom is -0.364 e. The third-order valence-electron chi connectivity index (χ3n) is 3.51. The van der Waals surface area contributed by atoms with E-state index in [1.54, 1.807) is 18.2 Å². The van der Waals surface area contributed by atoms with Crippen molar-refractivity contribution in [3.05, 3.63) is 46.2 Å². The monoisotopic (exact) mass is 315 g/mol. The zero-order valence-corrected chi connectivity index (χ0v) is 11.3. The van der Waals surface area contributed by atoms with Crippen LogP contribution in [-0.4, -0.2) is 17.0 Å². The van der Waals surface area contributed by atoms with Gasteiger partial charge in [0.05, 0.1) is 11.9 Å². The normalized spacial score (nSPS) is 21.5. The number of alkyl halides is 3. The molecule has 0 radical (unpaired) electrons. The summed E-state index contributed by atoms with van der Waals surface area (Å²) in [6.07, 6.45) is -3.69. The van der Waals surface area contributed by atoms with E-state index in [2.05, 4.69) is 10.2 Å². The first-order valence-electron chi connectivity index (χ1n) is 6.10. The Hall–Kier alpha value is -1.89. The third kappa shape index (κ3) is 2.42. The van der Waals surface area contributed by atoms with E-state index >= 15 is 0 Å². The number of amides is 1. The summed E-state index contributed by atoms with van der Waals surface area (Å²) in [7, 11) is 0. The van der Waals surface area contributed by atoms with Crippen LogP contribution in [0.4, 0.5) is 13.2 Å². The van der Waals surface area contributed by atoms with Crippen LogP contribution in [0.2, 0.25) is 5.02 Å². The topological polar surface area (TPSA) is 45.0 Å². The first-order chi connectivity index (χ1) is 9.88. The second kappa shape index (κ2) is 4.84. The largest absolute Gasteiger partial charge is 0.406 e. The lowest BCUT2D eigenvalue weighted by Crippen LogP contribution is -2.38. The van der Waals surface area contributed by atoms with Crippen molar-refractivity contribution in [3.8, 4) is 0 Å². The number of hydrogen-bond donors (Lipinski definition) is 0. The van der Waals surface area contributed by atoms with Crippen molar-refractivity contribution in [2.75, 3.05) is 0 Å². The van der Waals surface area contributed by atoms with E-state index in [0.29, 0.717) is 5.02 Å². The summed E-state index contributed by atoms with van der Waals surface area (Å²) in [6.45, 7) is 0.479. The number of hydrogen-bond acceptors (Lipinski definition) is 3. The third-order valence-corrected chi connectivity index (χ3v) is 3.86. The van der Waals surface area contributed by atoms with Gasteiger partial charge in [-0.1, -0.05) is 23.7 Å². The van der Waals surface area contributed by atoms with E-state index in [0.717, 1.165) is 17.3 Å². The van der Waals surface area contributed by atoms with Crippen LogP contribution in [-0.2, 0) is 17.9 Å². The lowest BCUT2D eigenvalue weighted by molar-refractivity contribution is -0.177. The molecule has 110 valence electrons. The first kappa shape index (κ1) is 14.1. The highest BCUT2D eigenvalue weighted by Gasteiger charge is 2.50. The van der Waals surface area contributed by atoms with Crippen molar-refractivity contribution in [1.82, 2.24) is 4.90 Å². The van der Waals surface area contributed by atoms with Crippen LogP contribution < -0.4 is 0 Å². The summed E-state index contributed by atoms with van der Waals surface area (Å²) in [5.74, 6) is -3.55. The van der Waals surface area contributed by atoms with E-state index in [4.69, 9.17) is 11.6 Å². The van der Waals surface area contributed by atoms with Crippen molar-refractivity contribution < 1.29 is 18.0 Å². The SMILES string of the molecule is O=C1N=NC=C(N2Cc3cccc(Cl)c3C2)C1C(F)(F)F. The Morgan fingerprint density at radius 2 is 2.05 bits per heavy atom. The number of fused-ring (bicyclic) bond motifs is 1. The van der Waals surface area contributed by atoms with Crippen LogP contribution in [0.15, 0.2) is 40.3 Å². The molecular weight excluding hydrogens is 307 g/mol. The molecule has 1 unspecified atom stereocenters. The molecule has 8 heteroatoms. The Bertz CT molecular complexity index is 669. The molecule has 0 saturated heterocycles. The number of carbonyl (C=O) groups excluding carboxylic acids is 1. The summed E-state index contributed by atoms with van der Waals surface area (Å²) in [5.41, 5.74) is 1.44.